The van der Waals surface area contributed by atoms with E-state index in [2.05, 4.69) is 38.0 Å². The molecule has 0 spiro atoms. The Hall–Kier alpha value is -1.58. The Morgan fingerprint density at radius 1 is 1.29 bits per heavy atom. The van der Waals surface area contributed by atoms with Crippen molar-refractivity contribution in [1.29, 1.82) is 0 Å². The summed E-state index contributed by atoms with van der Waals surface area (Å²) in [6, 6.07) is 8.03. The smallest absolute Gasteiger partial charge is 0.119 e. The largest absolute Gasteiger partial charge is 0.497 e. The molecule has 3 heteroatoms. The van der Waals surface area contributed by atoms with Crippen molar-refractivity contribution in [1.82, 2.24) is 4.90 Å². The van der Waals surface area contributed by atoms with Crippen LogP contribution in [0.4, 0.5) is 0 Å². The quantitative estimate of drug-likeness (QED) is 0.709. The monoisotopic (exact) mass is 288 g/mol. The molecule has 0 fully saturated rings. The highest BCUT2D eigenvalue weighted by Gasteiger charge is 2.33. The number of methoxy groups -OCH3 is 1. The minimum Gasteiger partial charge on any atom is -0.497 e. The van der Waals surface area contributed by atoms with Gasteiger partial charge in [-0.05, 0) is 23.6 Å². The van der Waals surface area contributed by atoms with E-state index in [4.69, 9.17) is 10.5 Å². The number of nitrogens with two attached hydrogens (primary N) is 1. The molecule has 21 heavy (non-hydrogen) atoms. The third-order valence-electron chi connectivity index (χ3n) is 3.90. The zero-order chi connectivity index (χ0) is 15.9. The maximum absolute atomic E-state index is 6.78. The SMILES string of the molecule is C=CCN(CC=C)CC(N)(c1cccc(OC)c1)C(C)C. The van der Waals surface area contributed by atoms with Gasteiger partial charge in [-0.3, -0.25) is 4.90 Å². The van der Waals surface area contributed by atoms with Gasteiger partial charge in [-0.1, -0.05) is 38.1 Å². The van der Waals surface area contributed by atoms with Gasteiger partial charge in [-0.15, -0.1) is 13.2 Å². The first kappa shape index (κ1) is 17.5. The zero-order valence-corrected chi connectivity index (χ0v) is 13.5. The summed E-state index contributed by atoms with van der Waals surface area (Å²) in [6.07, 6.45) is 3.80. The van der Waals surface area contributed by atoms with Crippen LogP contribution in [-0.4, -0.2) is 31.6 Å². The lowest BCUT2D eigenvalue weighted by Crippen LogP contribution is -2.51. The highest BCUT2D eigenvalue weighted by Crippen LogP contribution is 2.30. The van der Waals surface area contributed by atoms with E-state index in [9.17, 15) is 0 Å². The van der Waals surface area contributed by atoms with Gasteiger partial charge in [-0.2, -0.15) is 0 Å². The number of benzene rings is 1. The van der Waals surface area contributed by atoms with Crippen LogP contribution < -0.4 is 10.5 Å². The minimum atomic E-state index is -0.444. The van der Waals surface area contributed by atoms with Gasteiger partial charge in [0.2, 0.25) is 0 Å². The van der Waals surface area contributed by atoms with Gasteiger partial charge in [0, 0.05) is 19.6 Å². The summed E-state index contributed by atoms with van der Waals surface area (Å²) >= 11 is 0. The van der Waals surface area contributed by atoms with Crippen LogP contribution in [0, 0.1) is 5.92 Å². The molecule has 0 bridgehead atoms. The molecule has 1 aromatic rings. The standard InChI is InChI=1S/C18H28N2O/c1-6-11-20(12-7-2)14-18(19,15(3)4)16-9-8-10-17(13-16)21-5/h6-10,13,15H,1-2,11-12,14,19H2,3-5H3. The molecule has 116 valence electrons. The van der Waals surface area contributed by atoms with E-state index < -0.39 is 5.54 Å². The van der Waals surface area contributed by atoms with Crippen molar-refractivity contribution in [2.45, 2.75) is 19.4 Å². The van der Waals surface area contributed by atoms with Crippen molar-refractivity contribution in [3.63, 3.8) is 0 Å². The van der Waals surface area contributed by atoms with Crippen molar-refractivity contribution < 1.29 is 4.74 Å². The Morgan fingerprint density at radius 2 is 1.90 bits per heavy atom. The van der Waals surface area contributed by atoms with Crippen LogP contribution in [0.5, 0.6) is 5.75 Å². The third kappa shape index (κ3) is 4.45. The summed E-state index contributed by atoms with van der Waals surface area (Å²) < 4.78 is 5.33. The average molecular weight is 288 g/mol. The molecule has 0 heterocycles. The van der Waals surface area contributed by atoms with E-state index in [0.717, 1.165) is 30.9 Å². The molecule has 1 aromatic carbocycles. The molecule has 3 nitrogen and oxygen atoms in total. The van der Waals surface area contributed by atoms with E-state index in [1.807, 2.05) is 30.4 Å². The van der Waals surface area contributed by atoms with Crippen LogP contribution in [0.1, 0.15) is 19.4 Å². The van der Waals surface area contributed by atoms with Crippen LogP contribution >= 0.6 is 0 Å². The predicted octanol–water partition coefficient (Wildman–Crippen LogP) is 3.18. The molecule has 0 saturated carbocycles. The van der Waals surface area contributed by atoms with Gasteiger partial charge in [0.25, 0.3) is 0 Å². The molecule has 0 aliphatic heterocycles. The second kappa shape index (κ2) is 8.01. The van der Waals surface area contributed by atoms with Crippen LogP contribution in [0.25, 0.3) is 0 Å². The summed E-state index contributed by atoms with van der Waals surface area (Å²) in [7, 11) is 1.68. The zero-order valence-electron chi connectivity index (χ0n) is 13.5. The normalized spacial score (nSPS) is 14.0. The molecule has 1 atom stereocenters. The lowest BCUT2D eigenvalue weighted by Gasteiger charge is -2.38. The summed E-state index contributed by atoms with van der Waals surface area (Å²) in [5.74, 6) is 1.13. The fourth-order valence-electron chi connectivity index (χ4n) is 2.46. The molecular weight excluding hydrogens is 260 g/mol. The summed E-state index contributed by atoms with van der Waals surface area (Å²) in [5, 5.41) is 0. The van der Waals surface area contributed by atoms with E-state index in [1.54, 1.807) is 7.11 Å². The summed E-state index contributed by atoms with van der Waals surface area (Å²) in [4.78, 5) is 2.25. The molecular formula is C18H28N2O. The molecule has 0 amide bonds. The topological polar surface area (TPSA) is 38.5 Å². The highest BCUT2D eigenvalue weighted by atomic mass is 16.5. The fourth-order valence-corrected chi connectivity index (χ4v) is 2.46. The number of hydrogen-bond acceptors (Lipinski definition) is 3. The van der Waals surface area contributed by atoms with Gasteiger partial charge >= 0.3 is 0 Å². The van der Waals surface area contributed by atoms with E-state index in [0.29, 0.717) is 5.92 Å². The lowest BCUT2D eigenvalue weighted by molar-refractivity contribution is 0.197. The van der Waals surface area contributed by atoms with E-state index in [1.165, 1.54) is 0 Å². The van der Waals surface area contributed by atoms with Gasteiger partial charge in [0.05, 0.1) is 12.6 Å². The maximum Gasteiger partial charge on any atom is 0.119 e. The number of rotatable bonds is 9. The van der Waals surface area contributed by atoms with Crippen LogP contribution in [0.2, 0.25) is 0 Å². The summed E-state index contributed by atoms with van der Waals surface area (Å²) in [5.41, 5.74) is 7.43. The Balaban J connectivity index is 3.11. The first-order valence-corrected chi connectivity index (χ1v) is 7.35. The van der Waals surface area contributed by atoms with Gasteiger partial charge < -0.3 is 10.5 Å². The third-order valence-corrected chi connectivity index (χ3v) is 3.90. The Bertz CT molecular complexity index is 460. The highest BCUT2D eigenvalue weighted by molar-refractivity contribution is 5.34. The van der Waals surface area contributed by atoms with E-state index >= 15 is 0 Å². The molecule has 1 unspecified atom stereocenters. The fraction of sp³-hybridized carbons (Fsp3) is 0.444. The van der Waals surface area contributed by atoms with E-state index in [-0.39, 0.29) is 0 Å². The minimum absolute atomic E-state index is 0.293. The molecule has 0 aromatic heterocycles. The lowest BCUT2D eigenvalue weighted by atomic mass is 9.80. The number of nitrogens with zero attached hydrogens (tertiary/aromatic N) is 1. The van der Waals surface area contributed by atoms with Crippen LogP contribution in [0.3, 0.4) is 0 Å². The second-order valence-corrected chi connectivity index (χ2v) is 5.70. The molecule has 0 aliphatic carbocycles. The Kier molecular flexibility index (Phi) is 6.66. The molecule has 2 N–H and O–H groups in total. The van der Waals surface area contributed by atoms with Crippen molar-refractivity contribution in [3.05, 3.63) is 55.1 Å². The van der Waals surface area contributed by atoms with Crippen molar-refractivity contribution in [2.75, 3.05) is 26.7 Å². The van der Waals surface area contributed by atoms with Gasteiger partial charge in [-0.25, -0.2) is 0 Å². The number of ether oxygens (including phenoxy) is 1. The Labute approximate surface area is 129 Å². The molecule has 0 radical (unpaired) electrons. The maximum atomic E-state index is 6.78. The summed E-state index contributed by atoms with van der Waals surface area (Å²) in [6.45, 7) is 14.3. The van der Waals surface area contributed by atoms with Crippen LogP contribution in [-0.2, 0) is 5.54 Å². The molecule has 0 aliphatic rings. The first-order chi connectivity index (χ1) is 9.97. The average Bonchev–Trinajstić information content (AvgIpc) is 2.47. The number of hydrogen-bond donors (Lipinski definition) is 1. The second-order valence-electron chi connectivity index (χ2n) is 5.70. The first-order valence-electron chi connectivity index (χ1n) is 7.35. The predicted molar refractivity (Wildman–Crippen MR) is 90.5 cm³/mol. The van der Waals surface area contributed by atoms with Crippen LogP contribution in [0.15, 0.2) is 49.6 Å². The van der Waals surface area contributed by atoms with Crippen molar-refractivity contribution in [2.24, 2.45) is 11.7 Å². The van der Waals surface area contributed by atoms with Gasteiger partial charge in [0.1, 0.15) is 5.75 Å². The Morgan fingerprint density at radius 3 is 2.38 bits per heavy atom. The van der Waals surface area contributed by atoms with Gasteiger partial charge in [0.15, 0.2) is 0 Å². The molecule has 0 saturated heterocycles. The molecule has 1 rings (SSSR count). The van der Waals surface area contributed by atoms with Crippen molar-refractivity contribution >= 4 is 0 Å². The van der Waals surface area contributed by atoms with Crippen molar-refractivity contribution in [3.8, 4) is 5.75 Å².